The molecule has 41 heavy (non-hydrogen) atoms. The number of hydrogen-bond acceptors (Lipinski definition) is 7. The van der Waals surface area contributed by atoms with E-state index in [0.717, 1.165) is 27.8 Å². The molecule has 2 N–H and O–H groups in total. The Hall–Kier alpha value is -5.35. The standard InChI is InChI=1S/C31H27N7O3/c1-2-40-31-32-27-14-8-13-26(30(39)35-41-20-22-9-4-3-5-10-22)28(27)38(31)19-21-15-17-23(18-16-21)24-11-6-7-12-25(24)29-33-36-37-34-29/h3-18H,2,19-20H2,1H3,(H,35,39)(H,33,34,36,37). The number of H-pyrrole nitrogens is 1. The van der Waals surface area contributed by atoms with Gasteiger partial charge in [-0.3, -0.25) is 14.2 Å². The van der Waals surface area contributed by atoms with E-state index in [9.17, 15) is 4.79 Å². The molecular weight excluding hydrogens is 518 g/mol. The summed E-state index contributed by atoms with van der Waals surface area (Å²) in [6.07, 6.45) is 0. The molecule has 1 amide bonds. The lowest BCUT2D eigenvalue weighted by atomic mass is 9.98. The fourth-order valence-electron chi connectivity index (χ4n) is 4.73. The molecule has 0 bridgehead atoms. The van der Waals surface area contributed by atoms with Gasteiger partial charge in [-0.1, -0.05) is 84.9 Å². The van der Waals surface area contributed by atoms with Crippen molar-refractivity contribution < 1.29 is 14.4 Å². The summed E-state index contributed by atoms with van der Waals surface area (Å²) in [7, 11) is 0. The van der Waals surface area contributed by atoms with E-state index in [1.807, 2.05) is 72.2 Å². The van der Waals surface area contributed by atoms with Crippen molar-refractivity contribution >= 4 is 16.9 Å². The van der Waals surface area contributed by atoms with Crippen molar-refractivity contribution in [1.29, 1.82) is 0 Å². The highest BCUT2D eigenvalue weighted by molar-refractivity contribution is 6.05. The summed E-state index contributed by atoms with van der Waals surface area (Å²) in [6, 6.07) is 31.7. The van der Waals surface area contributed by atoms with E-state index in [0.29, 0.717) is 41.6 Å². The van der Waals surface area contributed by atoms with E-state index >= 15 is 0 Å². The molecule has 0 fully saturated rings. The van der Waals surface area contributed by atoms with Gasteiger partial charge in [0.05, 0.1) is 36.4 Å². The molecule has 2 heterocycles. The maximum absolute atomic E-state index is 13.2. The van der Waals surface area contributed by atoms with Crippen LogP contribution < -0.4 is 10.2 Å². The van der Waals surface area contributed by atoms with Gasteiger partial charge in [-0.2, -0.15) is 10.2 Å². The predicted molar refractivity (Wildman–Crippen MR) is 154 cm³/mol. The molecule has 204 valence electrons. The SMILES string of the molecule is CCOc1nc2cccc(C(=O)NOCc3ccccc3)c2n1Cc1ccc(-c2ccccc2-c2nn[nH]n2)cc1. The summed E-state index contributed by atoms with van der Waals surface area (Å²) in [5, 5.41) is 14.5. The molecule has 0 aliphatic heterocycles. The van der Waals surface area contributed by atoms with Crippen LogP contribution in [-0.2, 0) is 18.0 Å². The van der Waals surface area contributed by atoms with Crippen LogP contribution in [0.4, 0.5) is 0 Å². The number of benzene rings is 4. The number of imidazole rings is 1. The number of hydroxylamine groups is 1. The number of hydrogen-bond donors (Lipinski definition) is 2. The van der Waals surface area contributed by atoms with E-state index in [2.05, 4.69) is 55.4 Å². The average Bonchev–Trinajstić information content (AvgIpc) is 3.67. The second kappa shape index (κ2) is 11.8. The van der Waals surface area contributed by atoms with Gasteiger partial charge in [0.25, 0.3) is 11.9 Å². The molecule has 0 spiro atoms. The maximum Gasteiger partial charge on any atom is 0.297 e. The van der Waals surface area contributed by atoms with Crippen LogP contribution in [-0.4, -0.2) is 42.7 Å². The zero-order valence-corrected chi connectivity index (χ0v) is 22.3. The Morgan fingerprint density at radius 3 is 2.41 bits per heavy atom. The van der Waals surface area contributed by atoms with Crippen LogP contribution in [0.1, 0.15) is 28.4 Å². The van der Waals surface area contributed by atoms with Gasteiger partial charge < -0.3 is 4.74 Å². The van der Waals surface area contributed by atoms with E-state index in [4.69, 9.17) is 9.57 Å². The summed E-state index contributed by atoms with van der Waals surface area (Å²) >= 11 is 0. The lowest BCUT2D eigenvalue weighted by molar-refractivity contribution is 0.0234. The van der Waals surface area contributed by atoms with Crippen LogP contribution in [0.25, 0.3) is 33.5 Å². The van der Waals surface area contributed by atoms with E-state index in [1.54, 1.807) is 12.1 Å². The molecule has 0 saturated carbocycles. The van der Waals surface area contributed by atoms with Crippen LogP contribution in [0.5, 0.6) is 6.01 Å². The Balaban J connectivity index is 1.28. The minimum Gasteiger partial charge on any atom is -0.465 e. The minimum atomic E-state index is -0.357. The summed E-state index contributed by atoms with van der Waals surface area (Å²) in [6.45, 7) is 3.06. The molecule has 0 unspecified atom stereocenters. The Morgan fingerprint density at radius 2 is 1.66 bits per heavy atom. The number of rotatable bonds is 10. The molecule has 0 saturated heterocycles. The summed E-state index contributed by atoms with van der Waals surface area (Å²) in [5.74, 6) is 0.179. The second-order valence-corrected chi connectivity index (χ2v) is 9.27. The van der Waals surface area contributed by atoms with Crippen molar-refractivity contribution in [3.05, 3.63) is 114 Å². The van der Waals surface area contributed by atoms with Gasteiger partial charge in [-0.25, -0.2) is 5.48 Å². The van der Waals surface area contributed by atoms with Gasteiger partial charge in [0.2, 0.25) is 5.82 Å². The zero-order valence-electron chi connectivity index (χ0n) is 22.3. The number of nitrogens with zero attached hydrogens (tertiary/aromatic N) is 5. The molecule has 4 aromatic carbocycles. The van der Waals surface area contributed by atoms with Crippen molar-refractivity contribution in [1.82, 2.24) is 35.7 Å². The van der Waals surface area contributed by atoms with Crippen molar-refractivity contribution in [2.75, 3.05) is 6.61 Å². The highest BCUT2D eigenvalue weighted by Crippen LogP contribution is 2.31. The number of aromatic nitrogens is 6. The molecule has 10 nitrogen and oxygen atoms in total. The third-order valence-corrected chi connectivity index (χ3v) is 6.62. The number of tetrazole rings is 1. The van der Waals surface area contributed by atoms with E-state index < -0.39 is 0 Å². The largest absolute Gasteiger partial charge is 0.465 e. The fraction of sp³-hybridized carbons (Fsp3) is 0.129. The first kappa shape index (κ1) is 25.9. The van der Waals surface area contributed by atoms with Crippen molar-refractivity contribution in [3.63, 3.8) is 0 Å². The summed E-state index contributed by atoms with van der Waals surface area (Å²) in [5.41, 5.74) is 9.23. The van der Waals surface area contributed by atoms with Gasteiger partial charge in [0.15, 0.2) is 0 Å². The molecule has 10 heteroatoms. The van der Waals surface area contributed by atoms with Crippen LogP contribution >= 0.6 is 0 Å². The third kappa shape index (κ3) is 5.54. The second-order valence-electron chi connectivity index (χ2n) is 9.27. The topological polar surface area (TPSA) is 120 Å². The Morgan fingerprint density at radius 1 is 0.878 bits per heavy atom. The zero-order chi connectivity index (χ0) is 28.0. The van der Waals surface area contributed by atoms with Gasteiger partial charge in [0, 0.05) is 5.56 Å². The van der Waals surface area contributed by atoms with Crippen LogP contribution in [0.3, 0.4) is 0 Å². The molecule has 6 aromatic rings. The molecule has 0 atom stereocenters. The number of amides is 1. The molecule has 0 aliphatic rings. The number of para-hydroxylation sites is 1. The molecule has 6 rings (SSSR count). The summed E-state index contributed by atoms with van der Waals surface area (Å²) in [4.78, 5) is 23.4. The average molecular weight is 546 g/mol. The molecule has 0 radical (unpaired) electrons. The highest BCUT2D eigenvalue weighted by Gasteiger charge is 2.20. The van der Waals surface area contributed by atoms with Gasteiger partial charge in [-0.15, -0.1) is 10.2 Å². The first-order valence-electron chi connectivity index (χ1n) is 13.2. The van der Waals surface area contributed by atoms with Crippen molar-refractivity contribution in [2.24, 2.45) is 0 Å². The first-order chi connectivity index (χ1) is 20.2. The molecule has 0 aliphatic carbocycles. The Kier molecular flexibility index (Phi) is 7.46. The van der Waals surface area contributed by atoms with Crippen LogP contribution in [0, 0.1) is 0 Å². The number of fused-ring (bicyclic) bond motifs is 1. The molecule has 2 aromatic heterocycles. The Labute approximate surface area is 235 Å². The van der Waals surface area contributed by atoms with Gasteiger partial charge >= 0.3 is 0 Å². The molecular formula is C31H27N7O3. The maximum atomic E-state index is 13.2. The fourth-order valence-corrected chi connectivity index (χ4v) is 4.73. The predicted octanol–water partition coefficient (Wildman–Crippen LogP) is 5.19. The quantitative estimate of drug-likeness (QED) is 0.227. The number of ether oxygens (including phenoxy) is 1. The number of nitrogens with one attached hydrogen (secondary N) is 2. The van der Waals surface area contributed by atoms with Crippen LogP contribution in [0.15, 0.2) is 97.1 Å². The van der Waals surface area contributed by atoms with Gasteiger partial charge in [0.1, 0.15) is 0 Å². The van der Waals surface area contributed by atoms with E-state index in [-0.39, 0.29) is 12.5 Å². The number of carbonyl (C=O) groups is 1. The lowest BCUT2D eigenvalue weighted by Gasteiger charge is -2.13. The number of aromatic amines is 1. The smallest absolute Gasteiger partial charge is 0.297 e. The normalized spacial score (nSPS) is 11.0. The highest BCUT2D eigenvalue weighted by atomic mass is 16.6. The van der Waals surface area contributed by atoms with Crippen molar-refractivity contribution in [3.8, 4) is 28.5 Å². The first-order valence-corrected chi connectivity index (χ1v) is 13.2. The Bertz CT molecular complexity index is 1770. The lowest BCUT2D eigenvalue weighted by Crippen LogP contribution is -2.24. The third-order valence-electron chi connectivity index (χ3n) is 6.62. The van der Waals surface area contributed by atoms with Crippen LogP contribution in [0.2, 0.25) is 0 Å². The minimum absolute atomic E-state index is 0.258. The summed E-state index contributed by atoms with van der Waals surface area (Å²) < 4.78 is 7.81. The number of carbonyl (C=O) groups excluding carboxylic acids is 1. The van der Waals surface area contributed by atoms with Crippen molar-refractivity contribution in [2.45, 2.75) is 20.1 Å². The van der Waals surface area contributed by atoms with Gasteiger partial charge in [-0.05, 0) is 46.5 Å². The monoisotopic (exact) mass is 545 g/mol. The van der Waals surface area contributed by atoms with E-state index in [1.165, 1.54) is 0 Å².